The molecule has 1 atom stereocenters. The van der Waals surface area contributed by atoms with Crippen molar-refractivity contribution in [2.75, 3.05) is 39.8 Å². The van der Waals surface area contributed by atoms with Gasteiger partial charge < -0.3 is 14.4 Å². The minimum absolute atomic E-state index is 0. The van der Waals surface area contributed by atoms with E-state index in [1.807, 2.05) is 4.90 Å². The van der Waals surface area contributed by atoms with Gasteiger partial charge in [-0.05, 0) is 31.5 Å². The highest BCUT2D eigenvalue weighted by Crippen LogP contribution is 2.24. The van der Waals surface area contributed by atoms with Gasteiger partial charge in [0.25, 0.3) is 0 Å². The molecule has 0 aliphatic carbocycles. The molecule has 0 radical (unpaired) electrons. The Morgan fingerprint density at radius 2 is 1.81 bits per heavy atom. The largest absolute Gasteiger partial charge is 0.341 e. The lowest BCUT2D eigenvalue weighted by Crippen LogP contribution is -2.49. The van der Waals surface area contributed by atoms with Crippen LogP contribution in [-0.2, 0) is 17.9 Å². The maximum Gasteiger partial charge on any atom is 0.224 e. The van der Waals surface area contributed by atoms with Crippen molar-refractivity contribution < 1.29 is 4.79 Å². The molecule has 2 aromatic rings. The highest BCUT2D eigenvalue weighted by molar-refractivity contribution is 7.59. The minimum atomic E-state index is 0. The summed E-state index contributed by atoms with van der Waals surface area (Å²) >= 11 is 0. The second kappa shape index (κ2) is 8.03. The molecular formula is C20H30N4OS. The first-order chi connectivity index (χ1) is 12.1. The number of hydrogen-bond acceptors (Lipinski definition) is 3. The summed E-state index contributed by atoms with van der Waals surface area (Å²) in [6, 6.07) is 11.1. The van der Waals surface area contributed by atoms with Crippen molar-refractivity contribution in [1.29, 1.82) is 0 Å². The van der Waals surface area contributed by atoms with E-state index in [9.17, 15) is 4.79 Å². The number of hydrogen-bond donors (Lipinski definition) is 0. The van der Waals surface area contributed by atoms with E-state index in [4.69, 9.17) is 0 Å². The highest BCUT2D eigenvalue weighted by Gasteiger charge is 2.26. The Hall–Kier alpha value is -1.50. The van der Waals surface area contributed by atoms with Crippen LogP contribution < -0.4 is 0 Å². The normalized spacial score (nSPS) is 19.8. The molecule has 5 nitrogen and oxygen atoms in total. The predicted octanol–water partition coefficient (Wildman–Crippen LogP) is 2.12. The molecule has 3 heterocycles. The number of likely N-dealkylation sites (N-methyl/N-ethyl adjacent to an activating group) is 1. The van der Waals surface area contributed by atoms with E-state index in [-0.39, 0.29) is 13.5 Å². The van der Waals surface area contributed by atoms with Crippen LogP contribution in [0.1, 0.15) is 19.0 Å². The standard InChI is InChI=1S/C20H28N4O.H2S/c1-16(22-9-7-21(2)8-10-22)13-20(25)23-11-12-24-18(15-23)14-17-5-3-4-6-19(17)24;/h3-6,14,16H,7-13,15H2,1-2H3;1H2/t16-;/m0./s1. The van der Waals surface area contributed by atoms with Gasteiger partial charge in [-0.2, -0.15) is 13.5 Å². The molecule has 1 fully saturated rings. The number of rotatable bonds is 3. The zero-order valence-corrected chi connectivity index (χ0v) is 16.8. The third kappa shape index (κ3) is 3.77. The molecule has 1 saturated heterocycles. The Kier molecular flexibility index (Phi) is 5.95. The third-order valence-electron chi connectivity index (χ3n) is 5.83. The summed E-state index contributed by atoms with van der Waals surface area (Å²) < 4.78 is 2.36. The molecule has 2 aliphatic heterocycles. The van der Waals surface area contributed by atoms with E-state index in [0.717, 1.165) is 45.8 Å². The number of amides is 1. The van der Waals surface area contributed by atoms with E-state index in [0.29, 0.717) is 18.4 Å². The summed E-state index contributed by atoms with van der Waals surface area (Å²) in [5.74, 6) is 0.294. The van der Waals surface area contributed by atoms with Crippen molar-refractivity contribution in [3.8, 4) is 0 Å². The fourth-order valence-corrected chi connectivity index (χ4v) is 4.14. The first-order valence-electron chi connectivity index (χ1n) is 9.39. The van der Waals surface area contributed by atoms with E-state index in [2.05, 4.69) is 58.7 Å². The van der Waals surface area contributed by atoms with Crippen LogP contribution in [-0.4, -0.2) is 71.0 Å². The number of piperazine rings is 1. The van der Waals surface area contributed by atoms with Gasteiger partial charge in [0.1, 0.15) is 0 Å². The topological polar surface area (TPSA) is 31.7 Å². The van der Waals surface area contributed by atoms with Gasteiger partial charge in [-0.3, -0.25) is 9.69 Å². The fourth-order valence-electron chi connectivity index (χ4n) is 4.14. The number of nitrogens with zero attached hydrogens (tertiary/aromatic N) is 4. The Morgan fingerprint density at radius 3 is 2.58 bits per heavy atom. The summed E-state index contributed by atoms with van der Waals surface area (Å²) in [5, 5.41) is 1.28. The average molecular weight is 375 g/mol. The van der Waals surface area contributed by atoms with Crippen LogP contribution in [0.4, 0.5) is 0 Å². The summed E-state index contributed by atoms with van der Waals surface area (Å²) in [7, 11) is 2.17. The molecule has 4 rings (SSSR count). The SMILES string of the molecule is C[C@@H](CC(=O)N1CCn2c(cc3ccccc32)C1)N1CCN(C)CC1.S. The monoisotopic (exact) mass is 374 g/mol. The van der Waals surface area contributed by atoms with E-state index >= 15 is 0 Å². The smallest absolute Gasteiger partial charge is 0.224 e. The maximum atomic E-state index is 12.8. The third-order valence-corrected chi connectivity index (χ3v) is 5.83. The van der Waals surface area contributed by atoms with Crippen molar-refractivity contribution in [2.45, 2.75) is 32.5 Å². The highest BCUT2D eigenvalue weighted by atomic mass is 32.1. The molecule has 142 valence electrons. The van der Waals surface area contributed by atoms with E-state index in [1.165, 1.54) is 16.6 Å². The number of carbonyl (C=O) groups is 1. The van der Waals surface area contributed by atoms with Crippen LogP contribution in [0.15, 0.2) is 30.3 Å². The van der Waals surface area contributed by atoms with Crippen LogP contribution in [0.2, 0.25) is 0 Å². The molecule has 6 heteroatoms. The van der Waals surface area contributed by atoms with Crippen molar-refractivity contribution in [3.63, 3.8) is 0 Å². The molecular weight excluding hydrogens is 344 g/mol. The zero-order chi connectivity index (χ0) is 17.4. The lowest BCUT2D eigenvalue weighted by molar-refractivity contribution is -0.134. The maximum absolute atomic E-state index is 12.8. The Balaban J connectivity index is 0.00000196. The number of para-hydroxylation sites is 1. The van der Waals surface area contributed by atoms with Crippen LogP contribution >= 0.6 is 13.5 Å². The zero-order valence-electron chi connectivity index (χ0n) is 15.8. The average Bonchev–Trinajstić information content (AvgIpc) is 3.00. The number of carbonyl (C=O) groups excluding carboxylic acids is 1. The van der Waals surface area contributed by atoms with Crippen LogP contribution in [0, 0.1) is 0 Å². The van der Waals surface area contributed by atoms with Gasteiger partial charge in [-0.1, -0.05) is 18.2 Å². The van der Waals surface area contributed by atoms with Gasteiger partial charge in [-0.15, -0.1) is 0 Å². The number of benzene rings is 1. The molecule has 0 N–H and O–H groups in total. The number of aromatic nitrogens is 1. The van der Waals surface area contributed by atoms with Gasteiger partial charge in [0, 0.05) is 62.9 Å². The van der Waals surface area contributed by atoms with Crippen LogP contribution in [0.5, 0.6) is 0 Å². The molecule has 0 saturated carbocycles. The quantitative estimate of drug-likeness (QED) is 0.825. The Bertz CT molecular complexity index is 766. The molecule has 0 unspecified atom stereocenters. The summed E-state index contributed by atoms with van der Waals surface area (Å²) in [6.45, 7) is 8.99. The van der Waals surface area contributed by atoms with Gasteiger partial charge in [0.15, 0.2) is 0 Å². The van der Waals surface area contributed by atoms with Crippen molar-refractivity contribution in [3.05, 3.63) is 36.0 Å². The van der Waals surface area contributed by atoms with Gasteiger partial charge >= 0.3 is 0 Å². The van der Waals surface area contributed by atoms with Crippen LogP contribution in [0.25, 0.3) is 10.9 Å². The molecule has 1 aromatic carbocycles. The van der Waals surface area contributed by atoms with E-state index in [1.54, 1.807) is 0 Å². The van der Waals surface area contributed by atoms with Gasteiger partial charge in [0.05, 0.1) is 6.54 Å². The van der Waals surface area contributed by atoms with Crippen molar-refractivity contribution in [2.24, 2.45) is 0 Å². The summed E-state index contributed by atoms with van der Waals surface area (Å²) in [5.41, 5.74) is 2.54. The van der Waals surface area contributed by atoms with Crippen LogP contribution in [0.3, 0.4) is 0 Å². The minimum Gasteiger partial charge on any atom is -0.341 e. The van der Waals surface area contributed by atoms with E-state index < -0.39 is 0 Å². The Morgan fingerprint density at radius 1 is 1.08 bits per heavy atom. The summed E-state index contributed by atoms with van der Waals surface area (Å²) in [6.07, 6.45) is 0.629. The fraction of sp³-hybridized carbons (Fsp3) is 0.550. The van der Waals surface area contributed by atoms with Crippen molar-refractivity contribution >= 4 is 30.3 Å². The second-order valence-electron chi connectivity index (χ2n) is 7.55. The first-order valence-corrected chi connectivity index (χ1v) is 9.39. The molecule has 1 amide bonds. The van der Waals surface area contributed by atoms with Gasteiger partial charge in [0.2, 0.25) is 5.91 Å². The van der Waals surface area contributed by atoms with Gasteiger partial charge in [-0.25, -0.2) is 0 Å². The molecule has 2 aliphatic rings. The molecule has 0 bridgehead atoms. The van der Waals surface area contributed by atoms with Crippen molar-refractivity contribution in [1.82, 2.24) is 19.3 Å². The Labute approximate surface area is 163 Å². The molecule has 26 heavy (non-hydrogen) atoms. The second-order valence-corrected chi connectivity index (χ2v) is 7.55. The first kappa shape index (κ1) is 19.3. The summed E-state index contributed by atoms with van der Waals surface area (Å²) in [4.78, 5) is 19.7. The lowest BCUT2D eigenvalue weighted by Gasteiger charge is -2.37. The number of fused-ring (bicyclic) bond motifs is 3. The molecule has 0 spiro atoms. The predicted molar refractivity (Wildman–Crippen MR) is 111 cm³/mol. The molecule has 1 aromatic heterocycles. The lowest BCUT2D eigenvalue weighted by atomic mass is 10.1.